The molecule has 0 amide bonds. The second-order valence-corrected chi connectivity index (χ2v) is 2.68. The summed E-state index contributed by atoms with van der Waals surface area (Å²) in [4.78, 5) is 10.3. The van der Waals surface area contributed by atoms with Crippen molar-refractivity contribution in [2.75, 3.05) is 0 Å². The molecule has 0 aliphatic heterocycles. The summed E-state index contributed by atoms with van der Waals surface area (Å²) in [5.41, 5.74) is 0.634. The summed E-state index contributed by atoms with van der Waals surface area (Å²) in [7, 11) is 0. The minimum atomic E-state index is 0.617. The quantitative estimate of drug-likeness (QED) is 0.691. The van der Waals surface area contributed by atoms with Crippen LogP contribution in [0, 0.1) is 0 Å². The third kappa shape index (κ3) is 1.29. The lowest BCUT2D eigenvalue weighted by Gasteiger charge is -1.86. The summed E-state index contributed by atoms with van der Waals surface area (Å²) in [6.07, 6.45) is 1.55. The van der Waals surface area contributed by atoms with E-state index in [-0.39, 0.29) is 0 Å². The maximum absolute atomic E-state index is 10.3. The Labute approximate surface area is 67.3 Å². The number of halogens is 1. The Morgan fingerprint density at radius 2 is 2.50 bits per heavy atom. The van der Waals surface area contributed by atoms with E-state index in [9.17, 15) is 4.79 Å². The lowest BCUT2D eigenvalue weighted by molar-refractivity contribution is 0.112. The second kappa shape index (κ2) is 3.01. The van der Waals surface area contributed by atoms with Crippen LogP contribution in [0.5, 0.6) is 0 Å². The molecule has 10 heavy (non-hydrogen) atoms. The standard InChI is InChI=1S/C7H7BrO2/c1-2-6-5(4-9)3-7(8)10-6/h3-4H,2H2,1H3. The Balaban J connectivity index is 3.08. The Bertz CT molecular complexity index is 240. The molecule has 0 fully saturated rings. The van der Waals surface area contributed by atoms with Crippen molar-refractivity contribution >= 4 is 22.2 Å². The fraction of sp³-hybridized carbons (Fsp3) is 0.286. The molecule has 0 atom stereocenters. The third-order valence-electron chi connectivity index (χ3n) is 1.26. The Kier molecular flexibility index (Phi) is 2.27. The van der Waals surface area contributed by atoms with Crippen molar-refractivity contribution in [3.63, 3.8) is 0 Å². The lowest BCUT2D eigenvalue weighted by Crippen LogP contribution is -1.81. The first-order chi connectivity index (χ1) is 4.77. The Morgan fingerprint density at radius 3 is 2.90 bits per heavy atom. The van der Waals surface area contributed by atoms with Crippen molar-refractivity contribution < 1.29 is 9.21 Å². The molecule has 0 aromatic carbocycles. The van der Waals surface area contributed by atoms with Crippen LogP contribution in [0.25, 0.3) is 0 Å². The maximum Gasteiger partial charge on any atom is 0.170 e. The number of carbonyl (C=O) groups excluding carboxylic acids is 1. The smallest absolute Gasteiger partial charge is 0.170 e. The number of hydrogen-bond acceptors (Lipinski definition) is 2. The lowest BCUT2D eigenvalue weighted by atomic mass is 10.2. The summed E-state index contributed by atoms with van der Waals surface area (Å²) in [5.74, 6) is 0.738. The average molecular weight is 203 g/mol. The largest absolute Gasteiger partial charge is 0.454 e. The highest BCUT2D eigenvalue weighted by Crippen LogP contribution is 2.18. The van der Waals surface area contributed by atoms with Gasteiger partial charge in [-0.2, -0.15) is 0 Å². The number of aryl methyl sites for hydroxylation is 1. The van der Waals surface area contributed by atoms with Crippen LogP contribution in [0.3, 0.4) is 0 Å². The monoisotopic (exact) mass is 202 g/mol. The van der Waals surface area contributed by atoms with Crippen molar-refractivity contribution in [3.05, 3.63) is 22.1 Å². The molecule has 1 heterocycles. The summed E-state index contributed by atoms with van der Waals surface area (Å²) in [5, 5.41) is 0. The van der Waals surface area contributed by atoms with E-state index in [0.717, 1.165) is 18.5 Å². The molecule has 0 aliphatic carbocycles. The van der Waals surface area contributed by atoms with Crippen molar-refractivity contribution in [2.45, 2.75) is 13.3 Å². The maximum atomic E-state index is 10.3. The number of aldehydes is 1. The first-order valence-electron chi connectivity index (χ1n) is 3.01. The summed E-state index contributed by atoms with van der Waals surface area (Å²) < 4.78 is 5.76. The predicted octanol–water partition coefficient (Wildman–Crippen LogP) is 2.42. The number of rotatable bonds is 2. The fourth-order valence-electron chi connectivity index (χ4n) is 0.785. The van der Waals surface area contributed by atoms with Crippen LogP contribution >= 0.6 is 15.9 Å². The molecule has 1 aromatic heterocycles. The molecule has 0 bridgehead atoms. The molecule has 2 nitrogen and oxygen atoms in total. The Morgan fingerprint density at radius 1 is 1.80 bits per heavy atom. The topological polar surface area (TPSA) is 30.2 Å². The van der Waals surface area contributed by atoms with Crippen LogP contribution in [-0.2, 0) is 6.42 Å². The van der Waals surface area contributed by atoms with E-state index in [1.54, 1.807) is 6.07 Å². The molecule has 1 aromatic rings. The first kappa shape index (κ1) is 7.54. The van der Waals surface area contributed by atoms with Gasteiger partial charge in [0.05, 0.1) is 5.56 Å². The first-order valence-corrected chi connectivity index (χ1v) is 3.80. The molecule has 3 heteroatoms. The Hall–Kier alpha value is -0.570. The van der Waals surface area contributed by atoms with E-state index in [4.69, 9.17) is 4.42 Å². The number of furan rings is 1. The van der Waals surface area contributed by atoms with Gasteiger partial charge in [-0.15, -0.1) is 0 Å². The van der Waals surface area contributed by atoms with E-state index in [1.165, 1.54) is 0 Å². The van der Waals surface area contributed by atoms with Gasteiger partial charge in [0.15, 0.2) is 11.0 Å². The van der Waals surface area contributed by atoms with Crippen LogP contribution < -0.4 is 0 Å². The molecule has 0 radical (unpaired) electrons. The zero-order valence-electron chi connectivity index (χ0n) is 5.56. The third-order valence-corrected chi connectivity index (χ3v) is 1.65. The molecule has 54 valence electrons. The fourth-order valence-corrected chi connectivity index (χ4v) is 1.23. The minimum absolute atomic E-state index is 0.617. The van der Waals surface area contributed by atoms with E-state index >= 15 is 0 Å². The molecule has 0 saturated carbocycles. The molecular weight excluding hydrogens is 196 g/mol. The SMILES string of the molecule is CCc1oc(Br)cc1C=O. The molecule has 0 unspecified atom stereocenters. The van der Waals surface area contributed by atoms with Gasteiger partial charge in [0, 0.05) is 12.5 Å². The highest BCUT2D eigenvalue weighted by atomic mass is 79.9. The van der Waals surface area contributed by atoms with E-state index in [0.29, 0.717) is 10.2 Å². The molecule has 0 saturated heterocycles. The van der Waals surface area contributed by atoms with Crippen molar-refractivity contribution in [1.29, 1.82) is 0 Å². The van der Waals surface area contributed by atoms with Gasteiger partial charge in [0.1, 0.15) is 5.76 Å². The van der Waals surface area contributed by atoms with Gasteiger partial charge in [-0.1, -0.05) is 6.92 Å². The normalized spacial score (nSPS) is 9.80. The van der Waals surface area contributed by atoms with Crippen LogP contribution in [0.4, 0.5) is 0 Å². The van der Waals surface area contributed by atoms with Gasteiger partial charge in [-0.05, 0) is 15.9 Å². The molecule has 0 N–H and O–H groups in total. The van der Waals surface area contributed by atoms with Gasteiger partial charge in [-0.3, -0.25) is 4.79 Å². The van der Waals surface area contributed by atoms with Crippen LogP contribution in [0.15, 0.2) is 15.2 Å². The number of carbonyl (C=O) groups is 1. The number of hydrogen-bond donors (Lipinski definition) is 0. The predicted molar refractivity (Wildman–Crippen MR) is 41.2 cm³/mol. The molecule has 0 spiro atoms. The zero-order valence-corrected chi connectivity index (χ0v) is 7.14. The molecule has 1 rings (SSSR count). The van der Waals surface area contributed by atoms with Crippen LogP contribution in [0.1, 0.15) is 23.0 Å². The van der Waals surface area contributed by atoms with Crippen molar-refractivity contribution in [3.8, 4) is 0 Å². The molecular formula is C7H7BrO2. The summed E-state index contributed by atoms with van der Waals surface area (Å²) in [6.45, 7) is 1.94. The van der Waals surface area contributed by atoms with Gasteiger partial charge < -0.3 is 4.42 Å². The van der Waals surface area contributed by atoms with Crippen molar-refractivity contribution in [1.82, 2.24) is 0 Å². The van der Waals surface area contributed by atoms with Gasteiger partial charge in [0.2, 0.25) is 0 Å². The van der Waals surface area contributed by atoms with Gasteiger partial charge in [0.25, 0.3) is 0 Å². The minimum Gasteiger partial charge on any atom is -0.454 e. The van der Waals surface area contributed by atoms with E-state index < -0.39 is 0 Å². The van der Waals surface area contributed by atoms with Gasteiger partial charge in [-0.25, -0.2) is 0 Å². The zero-order chi connectivity index (χ0) is 7.56. The second-order valence-electron chi connectivity index (χ2n) is 1.90. The van der Waals surface area contributed by atoms with E-state index in [2.05, 4.69) is 15.9 Å². The molecule has 0 aliphatic rings. The van der Waals surface area contributed by atoms with Crippen LogP contribution in [0.2, 0.25) is 0 Å². The summed E-state index contributed by atoms with van der Waals surface area (Å²) >= 11 is 3.14. The van der Waals surface area contributed by atoms with Gasteiger partial charge >= 0.3 is 0 Å². The van der Waals surface area contributed by atoms with E-state index in [1.807, 2.05) is 6.92 Å². The highest BCUT2D eigenvalue weighted by Gasteiger charge is 2.05. The highest BCUT2D eigenvalue weighted by molar-refractivity contribution is 9.10. The van der Waals surface area contributed by atoms with Crippen molar-refractivity contribution in [2.24, 2.45) is 0 Å². The van der Waals surface area contributed by atoms with Crippen LogP contribution in [-0.4, -0.2) is 6.29 Å². The average Bonchev–Trinajstić information content (AvgIpc) is 2.30. The summed E-state index contributed by atoms with van der Waals surface area (Å²) in [6, 6.07) is 1.67.